The lowest BCUT2D eigenvalue weighted by Gasteiger charge is -1.95. The first-order valence-corrected chi connectivity index (χ1v) is 4.62. The van der Waals surface area contributed by atoms with Gasteiger partial charge in [0.05, 0.1) is 4.90 Å². The molecule has 0 aliphatic carbocycles. The third-order valence-corrected chi connectivity index (χ3v) is 2.13. The van der Waals surface area contributed by atoms with Crippen molar-refractivity contribution in [2.75, 3.05) is 0 Å². The first kappa shape index (κ1) is 8.52. The van der Waals surface area contributed by atoms with Gasteiger partial charge in [-0.3, -0.25) is 0 Å². The molecule has 1 radical (unpaired) electrons. The number of nitrogens with two attached hydrogens (primary N) is 1. The molecule has 0 saturated heterocycles. The maximum atomic E-state index is 10.7. The van der Waals surface area contributed by atoms with Gasteiger partial charge >= 0.3 is 0 Å². The second kappa shape index (κ2) is 2.81. The lowest BCUT2D eigenvalue weighted by molar-refractivity contribution is 0.597. The molecule has 0 fully saturated rings. The number of rotatable bonds is 1. The van der Waals surface area contributed by atoms with Gasteiger partial charge in [0.25, 0.3) is 0 Å². The lowest BCUT2D eigenvalue weighted by Crippen LogP contribution is -2.11. The van der Waals surface area contributed by atoms with E-state index in [2.05, 4.69) is 6.07 Å². The van der Waals surface area contributed by atoms with Gasteiger partial charge in [-0.2, -0.15) is 0 Å². The Balaban J connectivity index is 3.28. The number of hydrogen-bond donors (Lipinski definition) is 1. The van der Waals surface area contributed by atoms with E-state index < -0.39 is 10.0 Å². The van der Waals surface area contributed by atoms with E-state index in [0.717, 1.165) is 0 Å². The van der Waals surface area contributed by atoms with E-state index in [1.807, 2.05) is 0 Å². The summed E-state index contributed by atoms with van der Waals surface area (Å²) < 4.78 is 21.3. The van der Waals surface area contributed by atoms with Crippen LogP contribution >= 0.6 is 11.6 Å². The summed E-state index contributed by atoms with van der Waals surface area (Å²) in [7, 11) is -3.67. The fourth-order valence-corrected chi connectivity index (χ4v) is 1.34. The van der Waals surface area contributed by atoms with Gasteiger partial charge in [-0.15, -0.1) is 0 Å². The Morgan fingerprint density at radius 2 is 2.18 bits per heavy atom. The van der Waals surface area contributed by atoms with Crippen molar-refractivity contribution in [2.45, 2.75) is 4.90 Å². The fourth-order valence-electron chi connectivity index (χ4n) is 0.583. The molecular formula is C6H5ClNO2S. The summed E-state index contributed by atoms with van der Waals surface area (Å²) in [4.78, 5) is -0.0926. The normalized spacial score (nSPS) is 11.5. The van der Waals surface area contributed by atoms with Gasteiger partial charge in [0.2, 0.25) is 10.0 Å². The molecule has 0 heterocycles. The van der Waals surface area contributed by atoms with Crippen LogP contribution in [0.4, 0.5) is 0 Å². The third-order valence-electron chi connectivity index (χ3n) is 1.04. The van der Waals surface area contributed by atoms with Crippen molar-refractivity contribution in [3.63, 3.8) is 0 Å². The minimum absolute atomic E-state index is 0.0926. The number of sulfonamides is 1. The molecule has 1 aromatic rings. The summed E-state index contributed by atoms with van der Waals surface area (Å²) >= 11 is 5.51. The van der Waals surface area contributed by atoms with E-state index in [0.29, 0.717) is 5.02 Å². The van der Waals surface area contributed by atoms with Crippen LogP contribution in [0.1, 0.15) is 0 Å². The predicted molar refractivity (Wildman–Crippen MR) is 41.7 cm³/mol. The minimum atomic E-state index is -3.67. The average molecular weight is 191 g/mol. The molecule has 0 spiro atoms. The Kier molecular flexibility index (Phi) is 2.17. The van der Waals surface area contributed by atoms with E-state index in [-0.39, 0.29) is 4.90 Å². The van der Waals surface area contributed by atoms with E-state index >= 15 is 0 Å². The number of benzene rings is 1. The highest BCUT2D eigenvalue weighted by Crippen LogP contribution is 2.12. The molecule has 0 amide bonds. The summed E-state index contributed by atoms with van der Waals surface area (Å²) in [6, 6.07) is 6.63. The average Bonchev–Trinajstić information content (AvgIpc) is 1.86. The van der Waals surface area contributed by atoms with Gasteiger partial charge in [-0.1, -0.05) is 17.7 Å². The lowest BCUT2D eigenvalue weighted by atomic mass is 10.4. The van der Waals surface area contributed by atoms with Gasteiger partial charge in [0.1, 0.15) is 0 Å². The Morgan fingerprint density at radius 3 is 2.55 bits per heavy atom. The smallest absolute Gasteiger partial charge is 0.225 e. The van der Waals surface area contributed by atoms with Crippen LogP contribution in [0.5, 0.6) is 0 Å². The highest BCUT2D eigenvalue weighted by molar-refractivity contribution is 7.89. The molecule has 0 unspecified atom stereocenters. The van der Waals surface area contributed by atoms with E-state index in [9.17, 15) is 8.42 Å². The quantitative estimate of drug-likeness (QED) is 0.712. The van der Waals surface area contributed by atoms with Crippen LogP contribution in [0.15, 0.2) is 23.1 Å². The summed E-state index contributed by atoms with van der Waals surface area (Å²) in [5, 5.41) is 5.13. The summed E-state index contributed by atoms with van der Waals surface area (Å²) in [6.45, 7) is 0. The van der Waals surface area contributed by atoms with Crippen LogP contribution in [0.3, 0.4) is 0 Å². The van der Waals surface area contributed by atoms with E-state index in [1.165, 1.54) is 18.2 Å². The zero-order valence-corrected chi connectivity index (χ0v) is 6.98. The zero-order valence-electron chi connectivity index (χ0n) is 5.41. The maximum Gasteiger partial charge on any atom is 0.238 e. The molecule has 11 heavy (non-hydrogen) atoms. The molecule has 1 aromatic carbocycles. The Hall–Kier alpha value is -0.580. The number of hydrogen-bond acceptors (Lipinski definition) is 2. The number of primary sulfonamides is 1. The Labute approximate surface area is 69.8 Å². The van der Waals surface area contributed by atoms with Crippen LogP contribution in [-0.4, -0.2) is 8.42 Å². The van der Waals surface area contributed by atoms with Crippen LogP contribution in [-0.2, 0) is 10.0 Å². The summed E-state index contributed by atoms with van der Waals surface area (Å²) in [5.41, 5.74) is 0. The summed E-state index contributed by atoms with van der Waals surface area (Å²) in [6.07, 6.45) is 0. The Morgan fingerprint density at radius 1 is 1.55 bits per heavy atom. The second-order valence-electron chi connectivity index (χ2n) is 1.92. The topological polar surface area (TPSA) is 60.2 Å². The molecule has 1 rings (SSSR count). The molecule has 5 heteroatoms. The van der Waals surface area contributed by atoms with Gasteiger partial charge in [0.15, 0.2) is 0 Å². The van der Waals surface area contributed by atoms with Crippen molar-refractivity contribution in [3.8, 4) is 0 Å². The van der Waals surface area contributed by atoms with E-state index in [4.69, 9.17) is 16.7 Å². The van der Waals surface area contributed by atoms with Gasteiger partial charge < -0.3 is 0 Å². The molecule has 0 aliphatic heterocycles. The first-order valence-electron chi connectivity index (χ1n) is 2.70. The highest BCUT2D eigenvalue weighted by Gasteiger charge is 2.06. The molecule has 3 nitrogen and oxygen atoms in total. The standard InChI is InChI=1S/C6H5ClNO2S/c7-5-2-1-3-6(4-5)11(8,9)10/h1-2,4H,(H2,8,9,10). The SMILES string of the molecule is NS(=O)(=O)c1[c]ccc(Cl)c1. The van der Waals surface area contributed by atoms with Crippen LogP contribution in [0.2, 0.25) is 5.02 Å². The molecule has 2 N–H and O–H groups in total. The largest absolute Gasteiger partial charge is 0.238 e. The van der Waals surface area contributed by atoms with Crippen molar-refractivity contribution in [1.82, 2.24) is 0 Å². The van der Waals surface area contributed by atoms with Crippen molar-refractivity contribution < 1.29 is 8.42 Å². The van der Waals surface area contributed by atoms with Crippen LogP contribution < -0.4 is 5.14 Å². The molecule has 0 saturated carbocycles. The van der Waals surface area contributed by atoms with Crippen LogP contribution in [0.25, 0.3) is 0 Å². The van der Waals surface area contributed by atoms with Gasteiger partial charge in [-0.05, 0) is 12.1 Å². The molecule has 0 aromatic heterocycles. The van der Waals surface area contributed by atoms with Gasteiger partial charge in [0, 0.05) is 11.1 Å². The van der Waals surface area contributed by atoms with Crippen molar-refractivity contribution >= 4 is 21.6 Å². The Bertz CT molecular complexity index is 361. The van der Waals surface area contributed by atoms with Crippen LogP contribution in [0, 0.1) is 6.07 Å². The maximum absolute atomic E-state index is 10.7. The number of halogens is 1. The van der Waals surface area contributed by atoms with E-state index in [1.54, 1.807) is 0 Å². The highest BCUT2D eigenvalue weighted by atomic mass is 35.5. The fraction of sp³-hybridized carbons (Fsp3) is 0. The van der Waals surface area contributed by atoms with Gasteiger partial charge in [-0.25, -0.2) is 13.6 Å². The second-order valence-corrected chi connectivity index (χ2v) is 3.88. The minimum Gasteiger partial charge on any atom is -0.225 e. The monoisotopic (exact) mass is 190 g/mol. The van der Waals surface area contributed by atoms with Crippen molar-refractivity contribution in [2.24, 2.45) is 5.14 Å². The molecule has 59 valence electrons. The van der Waals surface area contributed by atoms with Crippen molar-refractivity contribution in [1.29, 1.82) is 0 Å². The molecule has 0 aliphatic rings. The molecular weight excluding hydrogens is 186 g/mol. The molecule has 0 atom stereocenters. The molecule has 0 bridgehead atoms. The first-order chi connectivity index (χ1) is 5.00. The van der Waals surface area contributed by atoms with Crippen molar-refractivity contribution in [3.05, 3.63) is 29.3 Å². The zero-order chi connectivity index (χ0) is 8.48. The summed E-state index contributed by atoms with van der Waals surface area (Å²) in [5.74, 6) is 0. The predicted octanol–water partition coefficient (Wildman–Crippen LogP) is 0.788. The third kappa shape index (κ3) is 2.18.